The van der Waals surface area contributed by atoms with E-state index in [4.69, 9.17) is 0 Å². The first kappa shape index (κ1) is 10.9. The van der Waals surface area contributed by atoms with Gasteiger partial charge < -0.3 is 4.74 Å². The van der Waals surface area contributed by atoms with Crippen molar-refractivity contribution in [2.75, 3.05) is 6.61 Å². The summed E-state index contributed by atoms with van der Waals surface area (Å²) in [6.45, 7) is 2.50. The van der Waals surface area contributed by atoms with Crippen LogP contribution in [0.2, 0.25) is 0 Å². The van der Waals surface area contributed by atoms with Gasteiger partial charge in [0.25, 0.3) is 0 Å². The Bertz CT molecular complexity index is 136. The minimum Gasteiger partial charge on any atom is -0.449 e. The van der Waals surface area contributed by atoms with Gasteiger partial charge in [0.1, 0.15) is 0 Å². The van der Waals surface area contributed by atoms with Gasteiger partial charge in [-0.15, -0.1) is 0 Å². The SMILES string of the molecule is CCCCCCOC(=O)NC=O. The molecule has 0 bridgehead atoms. The van der Waals surface area contributed by atoms with Crippen LogP contribution in [0.25, 0.3) is 0 Å². The van der Waals surface area contributed by atoms with Crippen molar-refractivity contribution >= 4 is 12.5 Å². The monoisotopic (exact) mass is 173 g/mol. The summed E-state index contributed by atoms with van der Waals surface area (Å²) in [5, 5.41) is 1.89. The van der Waals surface area contributed by atoms with Crippen molar-refractivity contribution in [1.82, 2.24) is 5.32 Å². The number of rotatable bonds is 6. The zero-order chi connectivity index (χ0) is 9.23. The Morgan fingerprint density at radius 3 is 2.75 bits per heavy atom. The Labute approximate surface area is 72.3 Å². The van der Waals surface area contributed by atoms with Crippen LogP contribution < -0.4 is 5.32 Å². The van der Waals surface area contributed by atoms with Crippen molar-refractivity contribution in [1.29, 1.82) is 0 Å². The van der Waals surface area contributed by atoms with Crippen LogP contribution in [0, 0.1) is 0 Å². The minimum absolute atomic E-state index is 0.314. The molecule has 70 valence electrons. The first-order valence-electron chi connectivity index (χ1n) is 4.18. The van der Waals surface area contributed by atoms with E-state index >= 15 is 0 Å². The molecule has 0 aromatic carbocycles. The van der Waals surface area contributed by atoms with Gasteiger partial charge in [-0.05, 0) is 6.42 Å². The van der Waals surface area contributed by atoms with E-state index in [-0.39, 0.29) is 0 Å². The summed E-state index contributed by atoms with van der Waals surface area (Å²) in [4.78, 5) is 20.2. The predicted octanol–water partition coefficient (Wildman–Crippen LogP) is 1.45. The second kappa shape index (κ2) is 8.04. The van der Waals surface area contributed by atoms with Crippen molar-refractivity contribution < 1.29 is 14.3 Å². The smallest absolute Gasteiger partial charge is 0.413 e. The van der Waals surface area contributed by atoms with Crippen LogP contribution in [0.1, 0.15) is 32.6 Å². The Morgan fingerprint density at radius 1 is 1.42 bits per heavy atom. The summed E-state index contributed by atoms with van der Waals surface area (Å²) < 4.78 is 4.65. The third kappa shape index (κ3) is 7.05. The maximum atomic E-state index is 10.5. The van der Waals surface area contributed by atoms with Gasteiger partial charge >= 0.3 is 6.09 Å². The van der Waals surface area contributed by atoms with Crippen LogP contribution in [0.5, 0.6) is 0 Å². The van der Waals surface area contributed by atoms with Crippen LogP contribution in [0.15, 0.2) is 0 Å². The molecular formula is C8H15NO3. The van der Waals surface area contributed by atoms with Gasteiger partial charge in [-0.2, -0.15) is 0 Å². The fourth-order valence-corrected chi connectivity index (χ4v) is 0.783. The van der Waals surface area contributed by atoms with Gasteiger partial charge in [-0.1, -0.05) is 26.2 Å². The molecular weight excluding hydrogens is 158 g/mol. The summed E-state index contributed by atoms with van der Waals surface area (Å²) in [5.74, 6) is 0. The van der Waals surface area contributed by atoms with E-state index in [1.807, 2.05) is 5.32 Å². The van der Waals surface area contributed by atoms with Crippen LogP contribution >= 0.6 is 0 Å². The van der Waals surface area contributed by atoms with Crippen LogP contribution in [-0.2, 0) is 9.53 Å². The van der Waals surface area contributed by atoms with Crippen LogP contribution in [0.3, 0.4) is 0 Å². The van der Waals surface area contributed by atoms with E-state index in [0.29, 0.717) is 13.0 Å². The molecule has 0 aromatic rings. The van der Waals surface area contributed by atoms with Crippen molar-refractivity contribution in [2.24, 2.45) is 0 Å². The zero-order valence-corrected chi connectivity index (χ0v) is 7.34. The summed E-state index contributed by atoms with van der Waals surface area (Å²) in [6.07, 6.45) is 3.87. The average molecular weight is 173 g/mol. The molecule has 0 unspecified atom stereocenters. The highest BCUT2D eigenvalue weighted by Crippen LogP contribution is 1.98. The van der Waals surface area contributed by atoms with Crippen molar-refractivity contribution in [3.05, 3.63) is 0 Å². The number of alkyl carbamates (subject to hydrolysis) is 1. The number of amides is 2. The van der Waals surface area contributed by atoms with E-state index < -0.39 is 6.09 Å². The lowest BCUT2D eigenvalue weighted by molar-refractivity contribution is -0.109. The minimum atomic E-state index is -0.665. The highest BCUT2D eigenvalue weighted by Gasteiger charge is 1.97. The maximum absolute atomic E-state index is 10.5. The summed E-state index contributed by atoms with van der Waals surface area (Å²) >= 11 is 0. The van der Waals surface area contributed by atoms with Gasteiger partial charge in [0.05, 0.1) is 6.61 Å². The number of unbranched alkanes of at least 4 members (excludes halogenated alkanes) is 3. The van der Waals surface area contributed by atoms with Gasteiger partial charge in [-0.3, -0.25) is 10.1 Å². The van der Waals surface area contributed by atoms with Crippen LogP contribution in [0.4, 0.5) is 4.79 Å². The molecule has 0 atom stereocenters. The van der Waals surface area contributed by atoms with Crippen LogP contribution in [-0.4, -0.2) is 19.1 Å². The second-order valence-corrected chi connectivity index (χ2v) is 2.46. The molecule has 0 saturated carbocycles. The molecule has 0 aliphatic heterocycles. The maximum Gasteiger partial charge on any atom is 0.413 e. The first-order valence-corrected chi connectivity index (χ1v) is 4.18. The molecule has 12 heavy (non-hydrogen) atoms. The third-order valence-electron chi connectivity index (χ3n) is 1.41. The Kier molecular flexibility index (Phi) is 7.33. The molecule has 1 N–H and O–H groups in total. The van der Waals surface area contributed by atoms with E-state index in [0.717, 1.165) is 25.7 Å². The number of hydrogen-bond donors (Lipinski definition) is 1. The predicted molar refractivity (Wildman–Crippen MR) is 44.7 cm³/mol. The van der Waals surface area contributed by atoms with Gasteiger partial charge in [0.15, 0.2) is 0 Å². The average Bonchev–Trinajstić information content (AvgIpc) is 2.05. The lowest BCUT2D eigenvalue weighted by Gasteiger charge is -2.01. The number of carbonyl (C=O) groups is 2. The van der Waals surface area contributed by atoms with Gasteiger partial charge in [0, 0.05) is 0 Å². The van der Waals surface area contributed by atoms with E-state index in [1.54, 1.807) is 0 Å². The van der Waals surface area contributed by atoms with Gasteiger partial charge in [0.2, 0.25) is 6.41 Å². The van der Waals surface area contributed by atoms with Gasteiger partial charge in [-0.25, -0.2) is 4.79 Å². The number of hydrogen-bond acceptors (Lipinski definition) is 3. The molecule has 0 spiro atoms. The van der Waals surface area contributed by atoms with Crippen molar-refractivity contribution in [3.63, 3.8) is 0 Å². The Morgan fingerprint density at radius 2 is 2.17 bits per heavy atom. The van der Waals surface area contributed by atoms with E-state index in [9.17, 15) is 9.59 Å². The number of nitrogens with one attached hydrogen (secondary N) is 1. The van der Waals surface area contributed by atoms with E-state index in [1.165, 1.54) is 0 Å². The lowest BCUT2D eigenvalue weighted by atomic mass is 10.2. The molecule has 0 aliphatic rings. The summed E-state index contributed by atoms with van der Waals surface area (Å²) in [5.41, 5.74) is 0. The van der Waals surface area contributed by atoms with Crippen molar-refractivity contribution in [2.45, 2.75) is 32.6 Å². The molecule has 0 saturated heterocycles. The van der Waals surface area contributed by atoms with Crippen molar-refractivity contribution in [3.8, 4) is 0 Å². The highest BCUT2D eigenvalue weighted by atomic mass is 16.5. The number of imide groups is 1. The second-order valence-electron chi connectivity index (χ2n) is 2.46. The summed E-state index contributed by atoms with van der Waals surface area (Å²) in [7, 11) is 0. The third-order valence-corrected chi connectivity index (χ3v) is 1.41. The van der Waals surface area contributed by atoms with E-state index in [2.05, 4.69) is 11.7 Å². The fourth-order valence-electron chi connectivity index (χ4n) is 0.783. The zero-order valence-electron chi connectivity index (χ0n) is 7.34. The molecule has 2 amide bonds. The normalized spacial score (nSPS) is 9.08. The molecule has 4 nitrogen and oxygen atoms in total. The molecule has 4 heteroatoms. The largest absolute Gasteiger partial charge is 0.449 e. The number of ether oxygens (including phenoxy) is 1. The molecule has 0 aromatic heterocycles. The lowest BCUT2D eigenvalue weighted by Crippen LogP contribution is -2.22. The summed E-state index contributed by atoms with van der Waals surface area (Å²) in [6, 6.07) is 0. The molecule has 0 fully saturated rings. The topological polar surface area (TPSA) is 55.4 Å². The fraction of sp³-hybridized carbons (Fsp3) is 0.750. The number of carbonyl (C=O) groups excluding carboxylic acids is 2. The Hall–Kier alpha value is -1.06. The first-order chi connectivity index (χ1) is 5.81. The Balaban J connectivity index is 3.08. The standard InChI is InChI=1S/C8H15NO3/c1-2-3-4-5-6-12-8(11)9-7-10/h7H,2-6H2,1H3,(H,9,10,11). The molecule has 0 radical (unpaired) electrons. The quantitative estimate of drug-likeness (QED) is 0.488. The molecule has 0 heterocycles. The molecule has 0 rings (SSSR count). The highest BCUT2D eigenvalue weighted by molar-refractivity contribution is 5.79. The molecule has 0 aliphatic carbocycles.